The lowest BCUT2D eigenvalue weighted by Crippen LogP contribution is -2.42. The quantitative estimate of drug-likeness (QED) is 0.640. The van der Waals surface area contributed by atoms with Crippen molar-refractivity contribution in [2.24, 2.45) is 0 Å². The minimum absolute atomic E-state index is 0.0918. The van der Waals surface area contributed by atoms with Gasteiger partial charge in [-0.3, -0.25) is 4.79 Å². The molecule has 0 aromatic heterocycles. The van der Waals surface area contributed by atoms with Crippen molar-refractivity contribution < 1.29 is 14.3 Å². The zero-order valence-electron chi connectivity index (χ0n) is 16.6. The highest BCUT2D eigenvalue weighted by atomic mass is 16.5. The summed E-state index contributed by atoms with van der Waals surface area (Å²) in [4.78, 5) is 13.0. The predicted octanol–water partition coefficient (Wildman–Crippen LogP) is 5.55. The van der Waals surface area contributed by atoms with Gasteiger partial charge in [0.25, 0.3) is 5.91 Å². The van der Waals surface area contributed by atoms with Crippen LogP contribution >= 0.6 is 0 Å². The summed E-state index contributed by atoms with van der Waals surface area (Å²) >= 11 is 0. The van der Waals surface area contributed by atoms with Crippen LogP contribution < -0.4 is 10.1 Å². The van der Waals surface area contributed by atoms with E-state index < -0.39 is 5.60 Å². The highest BCUT2D eigenvalue weighted by Gasteiger charge is 2.33. The Morgan fingerprint density at radius 1 is 1.12 bits per heavy atom. The van der Waals surface area contributed by atoms with Gasteiger partial charge in [-0.25, -0.2) is 0 Å². The van der Waals surface area contributed by atoms with Crippen LogP contribution in [0.3, 0.4) is 0 Å². The maximum absolute atomic E-state index is 13.0. The topological polar surface area (TPSA) is 47.6 Å². The number of unbranched alkanes of at least 4 members (excludes halogenated alkanes) is 1. The summed E-state index contributed by atoms with van der Waals surface area (Å²) in [6.07, 6.45) is 2.77. The fourth-order valence-electron chi connectivity index (χ4n) is 3.08. The summed E-state index contributed by atoms with van der Waals surface area (Å²) in [7, 11) is 0. The van der Waals surface area contributed by atoms with Gasteiger partial charge >= 0.3 is 0 Å². The van der Waals surface area contributed by atoms with Crippen LogP contribution in [0.5, 0.6) is 5.75 Å². The largest absolute Gasteiger partial charge is 0.490 e. The van der Waals surface area contributed by atoms with Crippen molar-refractivity contribution in [2.75, 3.05) is 11.9 Å². The summed E-state index contributed by atoms with van der Waals surface area (Å²) in [6.45, 7) is 10.4. The number of hydrogen-bond donors (Lipinski definition) is 1. The third-order valence-corrected chi connectivity index (χ3v) is 4.45. The molecule has 0 radical (unpaired) electrons. The van der Waals surface area contributed by atoms with Crippen LogP contribution in [0, 0.1) is 0 Å². The molecule has 0 fully saturated rings. The van der Waals surface area contributed by atoms with Crippen LogP contribution in [0.2, 0.25) is 0 Å². The average molecular weight is 357 g/mol. The maximum Gasteiger partial charge on any atom is 0.256 e. The summed E-state index contributed by atoms with van der Waals surface area (Å²) in [5.41, 5.74) is -0.0389. The van der Waals surface area contributed by atoms with Gasteiger partial charge in [0, 0.05) is 23.1 Å². The predicted molar refractivity (Wildman–Crippen MR) is 108 cm³/mol. The number of ether oxygens (including phenoxy) is 2. The standard InChI is InChI=1S/C22H31NO3/c1-6-8-15-22(5,25-7-2)21(24)23-19-13-14-20(26-16(3)4)18-12-10-9-11-17(18)19/h9-14,16H,6-8,15H2,1-5H3,(H,23,24). The molecular formula is C22H31NO3. The highest BCUT2D eigenvalue weighted by molar-refractivity contribution is 6.06. The summed E-state index contributed by atoms with van der Waals surface area (Å²) < 4.78 is 11.7. The van der Waals surface area contributed by atoms with Crippen molar-refractivity contribution in [1.29, 1.82) is 0 Å². The molecule has 1 N–H and O–H groups in total. The van der Waals surface area contributed by atoms with Gasteiger partial charge in [-0.05, 0) is 46.2 Å². The second kappa shape index (κ2) is 9.04. The Labute approximate surface area is 156 Å². The lowest BCUT2D eigenvalue weighted by Gasteiger charge is -2.28. The Hall–Kier alpha value is -2.07. The summed E-state index contributed by atoms with van der Waals surface area (Å²) in [6, 6.07) is 11.8. The maximum atomic E-state index is 13.0. The molecule has 4 heteroatoms. The van der Waals surface area contributed by atoms with E-state index in [1.807, 2.05) is 64.1 Å². The van der Waals surface area contributed by atoms with Crippen molar-refractivity contribution in [3.05, 3.63) is 36.4 Å². The molecular weight excluding hydrogens is 326 g/mol. The van der Waals surface area contributed by atoms with E-state index in [1.54, 1.807) is 0 Å². The van der Waals surface area contributed by atoms with Crippen LogP contribution in [0.25, 0.3) is 10.8 Å². The first kappa shape index (κ1) is 20.2. The minimum Gasteiger partial charge on any atom is -0.490 e. The molecule has 0 aliphatic rings. The molecule has 0 aliphatic carbocycles. The van der Waals surface area contributed by atoms with Gasteiger partial charge in [-0.2, -0.15) is 0 Å². The highest BCUT2D eigenvalue weighted by Crippen LogP contribution is 2.33. The molecule has 0 aliphatic heterocycles. The molecule has 0 bridgehead atoms. The van der Waals surface area contributed by atoms with E-state index >= 15 is 0 Å². The smallest absolute Gasteiger partial charge is 0.256 e. The van der Waals surface area contributed by atoms with Crippen LogP contribution in [0.1, 0.15) is 53.9 Å². The Bertz CT molecular complexity index is 741. The first-order chi connectivity index (χ1) is 12.4. The van der Waals surface area contributed by atoms with E-state index in [-0.39, 0.29) is 12.0 Å². The van der Waals surface area contributed by atoms with Gasteiger partial charge in [0.2, 0.25) is 0 Å². The molecule has 26 heavy (non-hydrogen) atoms. The third kappa shape index (κ3) is 4.76. The van der Waals surface area contributed by atoms with Gasteiger partial charge in [0.05, 0.1) is 6.10 Å². The number of benzene rings is 2. The molecule has 4 nitrogen and oxygen atoms in total. The van der Waals surface area contributed by atoms with E-state index in [9.17, 15) is 4.79 Å². The van der Waals surface area contributed by atoms with Crippen LogP contribution in [0.4, 0.5) is 5.69 Å². The number of fused-ring (bicyclic) bond motifs is 1. The number of anilines is 1. The molecule has 1 unspecified atom stereocenters. The second-order valence-electron chi connectivity index (χ2n) is 7.04. The Morgan fingerprint density at radius 2 is 1.81 bits per heavy atom. The van der Waals surface area contributed by atoms with E-state index in [0.717, 1.165) is 35.1 Å². The van der Waals surface area contributed by atoms with Gasteiger partial charge < -0.3 is 14.8 Å². The zero-order valence-corrected chi connectivity index (χ0v) is 16.6. The molecule has 2 rings (SSSR count). The number of amides is 1. The van der Waals surface area contributed by atoms with Crippen LogP contribution in [0.15, 0.2) is 36.4 Å². The van der Waals surface area contributed by atoms with Gasteiger partial charge in [-0.1, -0.05) is 44.0 Å². The Morgan fingerprint density at radius 3 is 2.42 bits per heavy atom. The monoisotopic (exact) mass is 357 g/mol. The van der Waals surface area contributed by atoms with Gasteiger partial charge in [0.1, 0.15) is 11.4 Å². The van der Waals surface area contributed by atoms with Gasteiger partial charge in [0.15, 0.2) is 0 Å². The molecule has 0 saturated carbocycles. The lowest BCUT2D eigenvalue weighted by atomic mass is 9.97. The van der Waals surface area contributed by atoms with E-state index in [1.165, 1.54) is 0 Å². The molecule has 0 saturated heterocycles. The van der Waals surface area contributed by atoms with Gasteiger partial charge in [-0.15, -0.1) is 0 Å². The van der Waals surface area contributed by atoms with Crippen molar-refractivity contribution in [3.63, 3.8) is 0 Å². The normalized spacial score (nSPS) is 13.6. The van der Waals surface area contributed by atoms with Crippen LogP contribution in [-0.4, -0.2) is 24.2 Å². The number of hydrogen-bond acceptors (Lipinski definition) is 3. The third-order valence-electron chi connectivity index (χ3n) is 4.45. The van der Waals surface area contributed by atoms with Crippen molar-refractivity contribution >= 4 is 22.4 Å². The zero-order chi connectivity index (χ0) is 19.2. The first-order valence-electron chi connectivity index (χ1n) is 9.55. The molecule has 142 valence electrons. The average Bonchev–Trinajstić information content (AvgIpc) is 2.62. The van der Waals surface area contributed by atoms with Crippen molar-refractivity contribution in [1.82, 2.24) is 0 Å². The molecule has 1 amide bonds. The summed E-state index contributed by atoms with van der Waals surface area (Å²) in [5, 5.41) is 5.04. The van der Waals surface area contributed by atoms with Crippen LogP contribution in [-0.2, 0) is 9.53 Å². The van der Waals surface area contributed by atoms with Crippen molar-refractivity contribution in [3.8, 4) is 5.75 Å². The minimum atomic E-state index is -0.820. The molecule has 2 aromatic carbocycles. The number of carbonyl (C=O) groups excluding carboxylic acids is 1. The summed E-state index contributed by atoms with van der Waals surface area (Å²) in [5.74, 6) is 0.725. The molecule has 1 atom stereocenters. The number of rotatable bonds is 9. The Kier molecular flexibility index (Phi) is 7.04. The van der Waals surface area contributed by atoms with E-state index in [0.29, 0.717) is 13.0 Å². The molecule has 0 heterocycles. The first-order valence-corrected chi connectivity index (χ1v) is 9.55. The SMILES string of the molecule is CCCCC(C)(OCC)C(=O)Nc1ccc(OC(C)C)c2ccccc12. The fraction of sp³-hybridized carbons (Fsp3) is 0.500. The number of carbonyl (C=O) groups is 1. The number of nitrogens with one attached hydrogen (secondary N) is 1. The lowest BCUT2D eigenvalue weighted by molar-refractivity contribution is -0.139. The van der Waals surface area contributed by atoms with Crippen molar-refractivity contribution in [2.45, 2.75) is 65.6 Å². The fourth-order valence-corrected chi connectivity index (χ4v) is 3.08. The second-order valence-corrected chi connectivity index (χ2v) is 7.04. The molecule has 2 aromatic rings. The Balaban J connectivity index is 2.34. The van der Waals surface area contributed by atoms with E-state index in [4.69, 9.17) is 9.47 Å². The molecule has 0 spiro atoms. The van der Waals surface area contributed by atoms with E-state index in [2.05, 4.69) is 12.2 Å².